The maximum Gasteiger partial charge on any atom is 0.212 e. The van der Waals surface area contributed by atoms with E-state index in [2.05, 4.69) is 10.0 Å². The summed E-state index contributed by atoms with van der Waals surface area (Å²) < 4.78 is 47.7. The predicted octanol–water partition coefficient (Wildman–Crippen LogP) is -0.907. The summed E-state index contributed by atoms with van der Waals surface area (Å²) in [6.45, 7) is 1.70. The fraction of sp³-hybridized carbons (Fsp3) is 1.00. The predicted molar refractivity (Wildman–Crippen MR) is 67.1 cm³/mol. The van der Waals surface area contributed by atoms with E-state index in [0.29, 0.717) is 0 Å². The zero-order valence-electron chi connectivity index (χ0n) is 9.98. The van der Waals surface area contributed by atoms with Crippen molar-refractivity contribution in [2.24, 2.45) is 0 Å². The first-order chi connectivity index (χ1) is 7.79. The Morgan fingerprint density at radius 1 is 1.12 bits per heavy atom. The molecule has 1 aliphatic heterocycles. The first kappa shape index (κ1) is 14.9. The number of hydrogen-bond donors (Lipinski definition) is 2. The van der Waals surface area contributed by atoms with Crippen LogP contribution in [0.25, 0.3) is 0 Å². The summed E-state index contributed by atoms with van der Waals surface area (Å²) in [5, 5.41) is 3.19. The molecule has 0 radical (unpaired) electrons. The Bertz CT molecular complexity index is 422. The Labute approximate surface area is 103 Å². The van der Waals surface area contributed by atoms with E-state index in [1.54, 1.807) is 0 Å². The molecule has 0 spiro atoms. The van der Waals surface area contributed by atoms with Crippen molar-refractivity contribution in [2.75, 3.05) is 30.9 Å². The van der Waals surface area contributed by atoms with Crippen LogP contribution in [0.4, 0.5) is 0 Å². The summed E-state index contributed by atoms with van der Waals surface area (Å²) in [4.78, 5) is 0. The number of hydrogen-bond acceptors (Lipinski definition) is 5. The second kappa shape index (κ2) is 6.12. The lowest BCUT2D eigenvalue weighted by molar-refractivity contribution is 0.518. The molecule has 0 bridgehead atoms. The second-order valence-corrected chi connectivity index (χ2v) is 8.58. The van der Waals surface area contributed by atoms with Gasteiger partial charge in [-0.3, -0.25) is 0 Å². The largest absolute Gasteiger partial charge is 0.317 e. The topological polar surface area (TPSA) is 92.3 Å². The Morgan fingerprint density at radius 3 is 2.47 bits per heavy atom. The normalized spacial score (nSPS) is 23.2. The zero-order valence-corrected chi connectivity index (χ0v) is 11.6. The monoisotopic (exact) mass is 284 g/mol. The SMILES string of the molecule is CS(=O)(=O)CCS(=O)(=O)NC1CCCNCC1. The molecule has 0 aliphatic carbocycles. The first-order valence-corrected chi connectivity index (χ1v) is 9.38. The molecule has 1 heterocycles. The molecule has 1 aliphatic rings. The van der Waals surface area contributed by atoms with Gasteiger partial charge in [0.05, 0.1) is 11.5 Å². The molecule has 1 saturated heterocycles. The van der Waals surface area contributed by atoms with Gasteiger partial charge in [-0.1, -0.05) is 0 Å². The van der Waals surface area contributed by atoms with Gasteiger partial charge in [-0.2, -0.15) is 0 Å². The Kier molecular flexibility index (Phi) is 5.36. The van der Waals surface area contributed by atoms with Crippen molar-refractivity contribution in [2.45, 2.75) is 25.3 Å². The van der Waals surface area contributed by atoms with E-state index in [1.807, 2.05) is 0 Å². The highest BCUT2D eigenvalue weighted by Gasteiger charge is 2.20. The number of nitrogens with one attached hydrogen (secondary N) is 2. The molecular weight excluding hydrogens is 264 g/mol. The smallest absolute Gasteiger partial charge is 0.212 e. The van der Waals surface area contributed by atoms with Crippen molar-refractivity contribution >= 4 is 19.9 Å². The molecule has 1 unspecified atom stereocenters. The van der Waals surface area contributed by atoms with Crippen molar-refractivity contribution in [3.05, 3.63) is 0 Å². The van der Waals surface area contributed by atoms with Crippen LogP contribution >= 0.6 is 0 Å². The van der Waals surface area contributed by atoms with E-state index < -0.39 is 19.9 Å². The molecule has 1 fully saturated rings. The quantitative estimate of drug-likeness (QED) is 0.682. The Morgan fingerprint density at radius 2 is 1.82 bits per heavy atom. The minimum Gasteiger partial charge on any atom is -0.317 e. The Balaban J connectivity index is 2.47. The molecule has 0 amide bonds. The highest BCUT2D eigenvalue weighted by Crippen LogP contribution is 2.06. The van der Waals surface area contributed by atoms with E-state index in [-0.39, 0.29) is 17.5 Å². The molecule has 0 saturated carbocycles. The average molecular weight is 284 g/mol. The minimum atomic E-state index is -3.49. The summed E-state index contributed by atoms with van der Waals surface area (Å²) in [6, 6.07) is -0.0745. The molecule has 1 rings (SSSR count). The van der Waals surface area contributed by atoms with Crippen molar-refractivity contribution in [1.82, 2.24) is 10.0 Å². The van der Waals surface area contributed by atoms with Gasteiger partial charge < -0.3 is 5.32 Å². The summed E-state index contributed by atoms with van der Waals surface area (Å²) >= 11 is 0. The molecule has 0 aromatic heterocycles. The minimum absolute atomic E-state index is 0.0745. The van der Waals surface area contributed by atoms with Gasteiger partial charge in [-0.05, 0) is 32.4 Å². The lowest BCUT2D eigenvalue weighted by Gasteiger charge is -2.15. The summed E-state index contributed by atoms with van der Waals surface area (Å²) in [5.74, 6) is -0.678. The average Bonchev–Trinajstić information content (AvgIpc) is 2.42. The summed E-state index contributed by atoms with van der Waals surface area (Å²) in [6.07, 6.45) is 3.51. The maximum atomic E-state index is 11.7. The van der Waals surface area contributed by atoms with Gasteiger partial charge in [-0.25, -0.2) is 21.6 Å². The maximum absolute atomic E-state index is 11.7. The third-order valence-corrected chi connectivity index (χ3v) is 5.28. The van der Waals surface area contributed by atoms with E-state index in [1.165, 1.54) is 0 Å². The molecule has 2 N–H and O–H groups in total. The van der Waals surface area contributed by atoms with Crippen LogP contribution in [0, 0.1) is 0 Å². The van der Waals surface area contributed by atoms with E-state index in [9.17, 15) is 16.8 Å². The fourth-order valence-corrected chi connectivity index (χ4v) is 4.66. The lowest BCUT2D eigenvalue weighted by Crippen LogP contribution is -2.38. The number of rotatable bonds is 5. The molecule has 17 heavy (non-hydrogen) atoms. The third kappa shape index (κ3) is 6.97. The molecule has 8 heteroatoms. The Hall–Kier alpha value is -0.180. The number of sulfone groups is 1. The molecule has 102 valence electrons. The lowest BCUT2D eigenvalue weighted by atomic mass is 10.1. The highest BCUT2D eigenvalue weighted by atomic mass is 32.2. The van der Waals surface area contributed by atoms with Gasteiger partial charge >= 0.3 is 0 Å². The first-order valence-electron chi connectivity index (χ1n) is 5.67. The van der Waals surface area contributed by atoms with Crippen molar-refractivity contribution in [1.29, 1.82) is 0 Å². The van der Waals surface area contributed by atoms with Gasteiger partial charge in [0.2, 0.25) is 10.0 Å². The van der Waals surface area contributed by atoms with Crippen LogP contribution in [-0.4, -0.2) is 53.7 Å². The summed E-state index contributed by atoms with van der Waals surface area (Å²) in [5.41, 5.74) is 0. The highest BCUT2D eigenvalue weighted by molar-refractivity contribution is 7.93. The van der Waals surface area contributed by atoms with Crippen molar-refractivity contribution in [3.63, 3.8) is 0 Å². The zero-order chi connectivity index (χ0) is 12.9. The van der Waals surface area contributed by atoms with Crippen LogP contribution in [0.15, 0.2) is 0 Å². The summed E-state index contributed by atoms with van der Waals surface area (Å²) in [7, 11) is -6.72. The molecule has 0 aromatic rings. The van der Waals surface area contributed by atoms with E-state index in [0.717, 1.165) is 38.6 Å². The molecule has 6 nitrogen and oxygen atoms in total. The molecule has 0 aromatic carbocycles. The second-order valence-electron chi connectivity index (χ2n) is 4.44. The van der Waals surface area contributed by atoms with Crippen LogP contribution in [0.5, 0.6) is 0 Å². The van der Waals surface area contributed by atoms with Crippen LogP contribution in [-0.2, 0) is 19.9 Å². The number of sulfonamides is 1. The van der Waals surface area contributed by atoms with E-state index >= 15 is 0 Å². The standard InChI is InChI=1S/C9H20N2O4S2/c1-16(12,13)7-8-17(14,15)11-9-3-2-5-10-6-4-9/h9-11H,2-8H2,1H3. The van der Waals surface area contributed by atoms with Crippen molar-refractivity contribution in [3.8, 4) is 0 Å². The van der Waals surface area contributed by atoms with Gasteiger partial charge in [0.25, 0.3) is 0 Å². The van der Waals surface area contributed by atoms with Gasteiger partial charge in [0, 0.05) is 12.3 Å². The van der Waals surface area contributed by atoms with Crippen LogP contribution in [0.3, 0.4) is 0 Å². The van der Waals surface area contributed by atoms with Gasteiger partial charge in [0.1, 0.15) is 9.84 Å². The van der Waals surface area contributed by atoms with Crippen molar-refractivity contribution < 1.29 is 16.8 Å². The van der Waals surface area contributed by atoms with Crippen LogP contribution in [0.2, 0.25) is 0 Å². The van der Waals surface area contributed by atoms with Crippen LogP contribution < -0.4 is 10.0 Å². The molecule has 1 atom stereocenters. The third-order valence-electron chi connectivity index (χ3n) is 2.64. The fourth-order valence-electron chi connectivity index (χ4n) is 1.71. The molecular formula is C9H20N2O4S2. The van der Waals surface area contributed by atoms with Gasteiger partial charge in [0.15, 0.2) is 0 Å². The van der Waals surface area contributed by atoms with Gasteiger partial charge in [-0.15, -0.1) is 0 Å². The van der Waals surface area contributed by atoms with Crippen LogP contribution in [0.1, 0.15) is 19.3 Å². The van der Waals surface area contributed by atoms with E-state index in [4.69, 9.17) is 0 Å².